The van der Waals surface area contributed by atoms with Gasteiger partial charge in [-0.25, -0.2) is 0 Å². The fourth-order valence-corrected chi connectivity index (χ4v) is 1.92. The molecule has 0 spiro atoms. The molecule has 3 N–H and O–H groups in total. The van der Waals surface area contributed by atoms with E-state index in [2.05, 4.69) is 40.2 Å². The van der Waals surface area contributed by atoms with Gasteiger partial charge in [-0.1, -0.05) is 13.8 Å². The van der Waals surface area contributed by atoms with Crippen LogP contribution in [0.1, 0.15) is 32.0 Å². The van der Waals surface area contributed by atoms with Crippen molar-refractivity contribution in [3.8, 4) is 0 Å². The number of aromatic nitrogens is 1. The normalized spacial score (nSPS) is 13.2. The number of nitrogens with two attached hydrogens (primary N) is 1. The zero-order valence-electron chi connectivity index (χ0n) is 8.50. The number of hydrogen-bond acceptors (Lipinski definition) is 3. The third-order valence-electron chi connectivity index (χ3n) is 2.03. The zero-order chi connectivity index (χ0) is 10.6. The molecule has 0 fully saturated rings. The maximum absolute atomic E-state index is 5.51. The number of pyridine rings is 1. The maximum atomic E-state index is 5.51. The molecule has 78 valence electrons. The number of hydrazine groups is 1. The van der Waals surface area contributed by atoms with Crippen LogP contribution in [0.2, 0.25) is 0 Å². The van der Waals surface area contributed by atoms with Crippen molar-refractivity contribution < 1.29 is 0 Å². The summed E-state index contributed by atoms with van der Waals surface area (Å²) in [7, 11) is 0. The number of halogens is 1. The van der Waals surface area contributed by atoms with Crippen LogP contribution >= 0.6 is 15.9 Å². The van der Waals surface area contributed by atoms with Gasteiger partial charge in [-0.05, 0) is 40.4 Å². The van der Waals surface area contributed by atoms with Crippen LogP contribution in [0.25, 0.3) is 0 Å². The summed E-state index contributed by atoms with van der Waals surface area (Å²) in [6.07, 6.45) is 2.76. The number of rotatable bonds is 4. The first-order valence-corrected chi connectivity index (χ1v) is 5.51. The highest BCUT2D eigenvalue weighted by molar-refractivity contribution is 9.10. The molecule has 1 rings (SSSR count). The third-order valence-corrected chi connectivity index (χ3v) is 2.70. The van der Waals surface area contributed by atoms with Crippen molar-refractivity contribution in [2.45, 2.75) is 26.3 Å². The largest absolute Gasteiger partial charge is 0.271 e. The monoisotopic (exact) mass is 257 g/mol. The second-order valence-electron chi connectivity index (χ2n) is 3.72. The standard InChI is InChI=1S/C10H16BrN3/c1-7(2)6-9(14-12)10-8(11)4-3-5-13-10/h3-5,7,9,14H,6,12H2,1-2H3. The lowest BCUT2D eigenvalue weighted by Crippen LogP contribution is -2.30. The zero-order valence-corrected chi connectivity index (χ0v) is 10.1. The van der Waals surface area contributed by atoms with Crippen molar-refractivity contribution in [1.82, 2.24) is 10.4 Å². The molecular weight excluding hydrogens is 242 g/mol. The molecule has 1 unspecified atom stereocenters. The van der Waals surface area contributed by atoms with Gasteiger partial charge in [-0.2, -0.15) is 0 Å². The van der Waals surface area contributed by atoms with E-state index in [-0.39, 0.29) is 6.04 Å². The molecule has 0 aliphatic rings. The summed E-state index contributed by atoms with van der Waals surface area (Å²) in [5, 5.41) is 0. The molecule has 0 bridgehead atoms. The van der Waals surface area contributed by atoms with Crippen LogP contribution in [-0.2, 0) is 0 Å². The summed E-state index contributed by atoms with van der Waals surface area (Å²) < 4.78 is 1.00. The van der Waals surface area contributed by atoms with E-state index < -0.39 is 0 Å². The van der Waals surface area contributed by atoms with Crippen molar-refractivity contribution in [2.75, 3.05) is 0 Å². The molecule has 1 atom stereocenters. The van der Waals surface area contributed by atoms with Gasteiger partial charge in [0, 0.05) is 10.7 Å². The van der Waals surface area contributed by atoms with Gasteiger partial charge in [0.1, 0.15) is 0 Å². The van der Waals surface area contributed by atoms with Crippen LogP contribution in [0.4, 0.5) is 0 Å². The molecule has 0 amide bonds. The minimum absolute atomic E-state index is 0.116. The van der Waals surface area contributed by atoms with Crippen LogP contribution in [-0.4, -0.2) is 4.98 Å². The van der Waals surface area contributed by atoms with Crippen molar-refractivity contribution in [3.63, 3.8) is 0 Å². The molecule has 0 saturated carbocycles. The lowest BCUT2D eigenvalue weighted by atomic mass is 10.0. The van der Waals surface area contributed by atoms with Crippen LogP contribution in [0.15, 0.2) is 22.8 Å². The number of nitrogens with zero attached hydrogens (tertiary/aromatic N) is 1. The van der Waals surface area contributed by atoms with Crippen molar-refractivity contribution in [3.05, 3.63) is 28.5 Å². The highest BCUT2D eigenvalue weighted by atomic mass is 79.9. The lowest BCUT2D eigenvalue weighted by Gasteiger charge is -2.18. The van der Waals surface area contributed by atoms with E-state index in [0.29, 0.717) is 5.92 Å². The van der Waals surface area contributed by atoms with Crippen LogP contribution in [0.3, 0.4) is 0 Å². The summed E-state index contributed by atoms with van der Waals surface area (Å²) in [6, 6.07) is 3.99. The molecule has 3 nitrogen and oxygen atoms in total. The van der Waals surface area contributed by atoms with E-state index in [9.17, 15) is 0 Å². The highest BCUT2D eigenvalue weighted by Crippen LogP contribution is 2.24. The molecule has 14 heavy (non-hydrogen) atoms. The summed E-state index contributed by atoms with van der Waals surface area (Å²) in [5.41, 5.74) is 3.77. The van der Waals surface area contributed by atoms with E-state index in [1.54, 1.807) is 6.20 Å². The van der Waals surface area contributed by atoms with Gasteiger partial charge in [0.05, 0.1) is 11.7 Å². The van der Waals surface area contributed by atoms with Gasteiger partial charge in [-0.3, -0.25) is 16.3 Å². The fraction of sp³-hybridized carbons (Fsp3) is 0.500. The van der Waals surface area contributed by atoms with E-state index in [4.69, 9.17) is 5.84 Å². The van der Waals surface area contributed by atoms with E-state index in [1.807, 2.05) is 12.1 Å². The Balaban J connectivity index is 2.83. The first-order chi connectivity index (χ1) is 6.65. The molecule has 1 aromatic heterocycles. The smallest absolute Gasteiger partial charge is 0.0728 e. The van der Waals surface area contributed by atoms with E-state index >= 15 is 0 Å². The van der Waals surface area contributed by atoms with Gasteiger partial charge in [-0.15, -0.1) is 0 Å². The second-order valence-corrected chi connectivity index (χ2v) is 4.57. The molecule has 0 aliphatic carbocycles. The minimum atomic E-state index is 0.116. The topological polar surface area (TPSA) is 50.9 Å². The predicted molar refractivity (Wildman–Crippen MR) is 61.5 cm³/mol. The molecule has 1 heterocycles. The van der Waals surface area contributed by atoms with Gasteiger partial charge < -0.3 is 0 Å². The van der Waals surface area contributed by atoms with Crippen LogP contribution in [0.5, 0.6) is 0 Å². The van der Waals surface area contributed by atoms with E-state index in [1.165, 1.54) is 0 Å². The maximum Gasteiger partial charge on any atom is 0.0728 e. The van der Waals surface area contributed by atoms with Crippen molar-refractivity contribution in [2.24, 2.45) is 11.8 Å². The van der Waals surface area contributed by atoms with Gasteiger partial charge >= 0.3 is 0 Å². The third kappa shape index (κ3) is 3.04. The second kappa shape index (κ2) is 5.44. The first kappa shape index (κ1) is 11.6. The average Bonchev–Trinajstić information content (AvgIpc) is 2.15. The molecule has 0 aromatic carbocycles. The Morgan fingerprint density at radius 3 is 2.79 bits per heavy atom. The van der Waals surface area contributed by atoms with Gasteiger partial charge in [0.25, 0.3) is 0 Å². The summed E-state index contributed by atoms with van der Waals surface area (Å²) >= 11 is 3.47. The molecular formula is C10H16BrN3. The molecule has 0 aliphatic heterocycles. The molecule has 0 saturated heterocycles. The summed E-state index contributed by atoms with van der Waals surface area (Å²) in [5.74, 6) is 6.10. The van der Waals surface area contributed by atoms with E-state index in [0.717, 1.165) is 16.6 Å². The molecule has 1 aromatic rings. The van der Waals surface area contributed by atoms with Gasteiger partial charge in [0.2, 0.25) is 0 Å². The summed E-state index contributed by atoms with van der Waals surface area (Å²) in [4.78, 5) is 4.31. The lowest BCUT2D eigenvalue weighted by molar-refractivity contribution is 0.429. The van der Waals surface area contributed by atoms with Gasteiger partial charge in [0.15, 0.2) is 0 Å². The Hall–Kier alpha value is -0.450. The van der Waals surface area contributed by atoms with Crippen LogP contribution in [0, 0.1) is 5.92 Å². The fourth-order valence-electron chi connectivity index (χ4n) is 1.38. The SMILES string of the molecule is CC(C)CC(NN)c1ncccc1Br. The Kier molecular flexibility index (Phi) is 4.51. The van der Waals surface area contributed by atoms with Crippen molar-refractivity contribution in [1.29, 1.82) is 0 Å². The Bertz CT molecular complexity index is 288. The molecule has 0 radical (unpaired) electrons. The highest BCUT2D eigenvalue weighted by Gasteiger charge is 2.15. The van der Waals surface area contributed by atoms with Crippen molar-refractivity contribution >= 4 is 15.9 Å². The Morgan fingerprint density at radius 1 is 1.57 bits per heavy atom. The Labute approximate surface area is 93.2 Å². The Morgan fingerprint density at radius 2 is 2.29 bits per heavy atom. The first-order valence-electron chi connectivity index (χ1n) is 4.71. The quantitative estimate of drug-likeness (QED) is 0.644. The number of nitrogens with one attached hydrogen (secondary N) is 1. The molecule has 4 heteroatoms. The number of hydrogen-bond donors (Lipinski definition) is 2. The average molecular weight is 258 g/mol. The minimum Gasteiger partial charge on any atom is -0.271 e. The summed E-state index contributed by atoms with van der Waals surface area (Å²) in [6.45, 7) is 4.34. The predicted octanol–water partition coefficient (Wildman–Crippen LogP) is 2.39. The van der Waals surface area contributed by atoms with Crippen LogP contribution < -0.4 is 11.3 Å².